The quantitative estimate of drug-likeness (QED) is 0.487. The molecule has 0 spiro atoms. The summed E-state index contributed by atoms with van der Waals surface area (Å²) < 4.78 is 12.3. The Balaban J connectivity index is 2.08. The van der Waals surface area contributed by atoms with Crippen LogP contribution < -0.4 is 0 Å². The number of methoxy groups -OCH3 is 1. The van der Waals surface area contributed by atoms with Crippen LogP contribution in [0.5, 0.6) is 0 Å². The van der Waals surface area contributed by atoms with Gasteiger partial charge < -0.3 is 0 Å². The zero-order valence-electron chi connectivity index (χ0n) is 12.8. The van der Waals surface area contributed by atoms with Gasteiger partial charge in [-0.2, -0.15) is 0 Å². The van der Waals surface area contributed by atoms with E-state index >= 15 is 0 Å². The predicted octanol–water partition coefficient (Wildman–Crippen LogP) is 4.43. The van der Waals surface area contributed by atoms with Gasteiger partial charge in [0.15, 0.2) is 0 Å². The third-order valence-corrected chi connectivity index (χ3v) is 20.0. The van der Waals surface area contributed by atoms with Gasteiger partial charge in [-0.3, -0.25) is 0 Å². The molecule has 0 bridgehead atoms. The fourth-order valence-corrected chi connectivity index (χ4v) is 15.9. The molecular formula is C15H30GeO2. The average molecular weight is 315 g/mol. The van der Waals surface area contributed by atoms with Crippen LogP contribution >= 0.6 is 0 Å². The van der Waals surface area contributed by atoms with Crippen molar-refractivity contribution in [1.82, 2.24) is 0 Å². The van der Waals surface area contributed by atoms with Crippen LogP contribution in [-0.2, 0) is 9.47 Å². The molecule has 0 amide bonds. The molecule has 0 aliphatic heterocycles. The van der Waals surface area contributed by atoms with Crippen LogP contribution in [0.1, 0.15) is 47.0 Å². The Bertz CT molecular complexity index is 289. The molecule has 0 radical (unpaired) electrons. The molecule has 0 N–H and O–H groups in total. The van der Waals surface area contributed by atoms with Crippen molar-refractivity contribution in [1.29, 1.82) is 0 Å². The molecule has 0 saturated heterocycles. The van der Waals surface area contributed by atoms with Gasteiger partial charge in [0.25, 0.3) is 0 Å². The maximum absolute atomic E-state index is 6.08. The van der Waals surface area contributed by atoms with E-state index in [0.29, 0.717) is 12.2 Å². The molecule has 0 aromatic carbocycles. The van der Waals surface area contributed by atoms with Crippen LogP contribution in [0.2, 0.25) is 20.5 Å². The standard InChI is InChI=1S/C15H30GeO2/c1-6-16(7-2,8-3)13-11-14(13,4)15(9-10-15)18-12-17-5/h13H,6-12H2,1-5H3/t13-,14-/m0/s1. The molecule has 2 fully saturated rings. The van der Waals surface area contributed by atoms with Crippen LogP contribution in [0.4, 0.5) is 0 Å². The Morgan fingerprint density at radius 1 is 1.11 bits per heavy atom. The van der Waals surface area contributed by atoms with Gasteiger partial charge in [0.05, 0.1) is 0 Å². The second kappa shape index (κ2) is 5.10. The molecule has 2 atom stereocenters. The summed E-state index contributed by atoms with van der Waals surface area (Å²) >= 11 is -1.61. The number of rotatable bonds is 8. The van der Waals surface area contributed by atoms with E-state index in [4.69, 9.17) is 9.47 Å². The molecule has 0 unspecified atom stereocenters. The van der Waals surface area contributed by atoms with Crippen LogP contribution in [0, 0.1) is 5.41 Å². The van der Waals surface area contributed by atoms with Crippen LogP contribution in [-0.4, -0.2) is 32.8 Å². The van der Waals surface area contributed by atoms with Crippen molar-refractivity contribution in [3.05, 3.63) is 0 Å². The molecule has 2 aliphatic carbocycles. The van der Waals surface area contributed by atoms with E-state index in [1.807, 2.05) is 0 Å². The van der Waals surface area contributed by atoms with Crippen LogP contribution in [0.15, 0.2) is 0 Å². The number of ether oxygens (including phenoxy) is 2. The van der Waals surface area contributed by atoms with Gasteiger partial charge >= 0.3 is 115 Å². The zero-order valence-corrected chi connectivity index (χ0v) is 14.9. The van der Waals surface area contributed by atoms with E-state index in [1.165, 1.54) is 35.0 Å². The number of hydrogen-bond donors (Lipinski definition) is 0. The van der Waals surface area contributed by atoms with E-state index in [2.05, 4.69) is 27.7 Å². The first-order valence-corrected chi connectivity index (χ1v) is 13.3. The third-order valence-electron chi connectivity index (χ3n) is 6.29. The van der Waals surface area contributed by atoms with E-state index in [1.54, 1.807) is 7.11 Å². The summed E-state index contributed by atoms with van der Waals surface area (Å²) in [7, 11) is 1.73. The Morgan fingerprint density at radius 2 is 1.67 bits per heavy atom. The first-order valence-electron chi connectivity index (χ1n) is 7.67. The van der Waals surface area contributed by atoms with Gasteiger partial charge in [-0.25, -0.2) is 0 Å². The monoisotopic (exact) mass is 316 g/mol. The van der Waals surface area contributed by atoms with Gasteiger partial charge in [0, 0.05) is 0 Å². The molecular weight excluding hydrogens is 285 g/mol. The fraction of sp³-hybridized carbons (Fsp3) is 1.00. The maximum atomic E-state index is 6.08. The summed E-state index contributed by atoms with van der Waals surface area (Å²) in [4.78, 5) is 0. The molecule has 2 nitrogen and oxygen atoms in total. The minimum absolute atomic E-state index is 0.198. The first-order chi connectivity index (χ1) is 8.54. The van der Waals surface area contributed by atoms with E-state index in [-0.39, 0.29) is 5.60 Å². The summed E-state index contributed by atoms with van der Waals surface area (Å²) in [5, 5.41) is 4.48. The van der Waals surface area contributed by atoms with Crippen molar-refractivity contribution >= 4 is 13.3 Å². The summed E-state index contributed by atoms with van der Waals surface area (Å²) in [5.74, 6) is 0. The average Bonchev–Trinajstić information content (AvgIpc) is 3.28. The summed E-state index contributed by atoms with van der Waals surface area (Å²) in [5.41, 5.74) is 0.692. The molecule has 106 valence electrons. The molecule has 2 aliphatic rings. The Morgan fingerprint density at radius 3 is 2.06 bits per heavy atom. The summed E-state index contributed by atoms with van der Waals surface area (Å²) in [6, 6.07) is 0. The molecule has 0 aromatic heterocycles. The Hall–Kier alpha value is 0.463. The second-order valence-corrected chi connectivity index (χ2v) is 18.3. The van der Waals surface area contributed by atoms with Gasteiger partial charge in [-0.1, -0.05) is 0 Å². The van der Waals surface area contributed by atoms with Crippen molar-refractivity contribution in [3.63, 3.8) is 0 Å². The van der Waals surface area contributed by atoms with E-state index in [0.717, 1.165) is 4.75 Å². The van der Waals surface area contributed by atoms with Gasteiger partial charge in [0.2, 0.25) is 0 Å². The Labute approximate surface area is 115 Å². The van der Waals surface area contributed by atoms with Crippen molar-refractivity contribution in [2.75, 3.05) is 13.9 Å². The zero-order chi connectivity index (χ0) is 13.4. The summed E-state index contributed by atoms with van der Waals surface area (Å²) in [6.07, 6.45) is 3.96. The SMILES string of the molecule is C[CH2][Ge]([CH2]C)([CH2]C)[C@H]1C[C@]1(C)C1(OCOC)CC1. The molecule has 0 heterocycles. The van der Waals surface area contributed by atoms with Crippen LogP contribution in [0.3, 0.4) is 0 Å². The second-order valence-electron chi connectivity index (χ2n) is 6.64. The van der Waals surface area contributed by atoms with E-state index in [9.17, 15) is 0 Å². The minimum atomic E-state index is -1.61. The van der Waals surface area contributed by atoms with Gasteiger partial charge in [0.1, 0.15) is 0 Å². The van der Waals surface area contributed by atoms with Gasteiger partial charge in [-0.15, -0.1) is 0 Å². The molecule has 2 saturated carbocycles. The van der Waals surface area contributed by atoms with Crippen molar-refractivity contribution < 1.29 is 9.47 Å². The normalized spacial score (nSPS) is 33.5. The topological polar surface area (TPSA) is 18.5 Å². The molecule has 2 rings (SSSR count). The van der Waals surface area contributed by atoms with Crippen molar-refractivity contribution in [2.24, 2.45) is 5.41 Å². The van der Waals surface area contributed by atoms with Crippen LogP contribution in [0.25, 0.3) is 0 Å². The molecule has 18 heavy (non-hydrogen) atoms. The third kappa shape index (κ3) is 2.08. The first kappa shape index (κ1) is 14.9. The van der Waals surface area contributed by atoms with E-state index < -0.39 is 13.3 Å². The molecule has 0 aromatic rings. The fourth-order valence-electron chi connectivity index (χ4n) is 4.42. The van der Waals surface area contributed by atoms with Gasteiger partial charge in [-0.05, 0) is 0 Å². The predicted molar refractivity (Wildman–Crippen MR) is 78.6 cm³/mol. The molecule has 3 heteroatoms. The van der Waals surface area contributed by atoms with Crippen molar-refractivity contribution in [2.45, 2.75) is 73.1 Å². The summed E-state index contributed by atoms with van der Waals surface area (Å²) in [6.45, 7) is 10.3. The van der Waals surface area contributed by atoms with Crippen molar-refractivity contribution in [3.8, 4) is 0 Å². The number of hydrogen-bond acceptors (Lipinski definition) is 2. The Kier molecular flexibility index (Phi) is 4.21.